The number of carbonyl (C=O) groups is 2. The molecule has 120 valence electrons. The summed E-state index contributed by atoms with van der Waals surface area (Å²) in [6.45, 7) is 0.766. The Bertz CT molecular complexity index is 372. The number of nitrogens with one attached hydrogen (secondary N) is 1. The van der Waals surface area contributed by atoms with E-state index in [4.69, 9.17) is 0 Å². The average Bonchev–Trinajstić information content (AvgIpc) is 3.11. The minimum atomic E-state index is -0.936. The van der Waals surface area contributed by atoms with Crippen LogP contribution in [-0.2, 0) is 4.79 Å². The van der Waals surface area contributed by atoms with Gasteiger partial charge in [0.05, 0.1) is 0 Å². The highest BCUT2D eigenvalue weighted by atomic mass is 32.2. The van der Waals surface area contributed by atoms with E-state index in [1.54, 1.807) is 11.8 Å². The van der Waals surface area contributed by atoms with Crippen molar-refractivity contribution >= 4 is 23.8 Å². The molecule has 2 amide bonds. The molecule has 2 fully saturated rings. The first kappa shape index (κ1) is 16.5. The monoisotopic (exact) mass is 314 g/mol. The highest BCUT2D eigenvalue weighted by Crippen LogP contribution is 2.35. The molecule has 5 nitrogen and oxygen atoms in total. The molecule has 2 aliphatic rings. The molecule has 0 aromatic rings. The van der Waals surface area contributed by atoms with Crippen molar-refractivity contribution in [2.45, 2.75) is 57.0 Å². The van der Waals surface area contributed by atoms with Crippen molar-refractivity contribution in [2.75, 3.05) is 18.6 Å². The second-order valence-electron chi connectivity index (χ2n) is 6.07. The van der Waals surface area contributed by atoms with Crippen LogP contribution in [0.25, 0.3) is 0 Å². The van der Waals surface area contributed by atoms with Crippen LogP contribution in [0.5, 0.6) is 0 Å². The van der Waals surface area contributed by atoms with Gasteiger partial charge in [-0.3, -0.25) is 0 Å². The molecule has 21 heavy (non-hydrogen) atoms. The van der Waals surface area contributed by atoms with Gasteiger partial charge in [0.15, 0.2) is 0 Å². The van der Waals surface area contributed by atoms with Gasteiger partial charge in [-0.1, -0.05) is 12.8 Å². The van der Waals surface area contributed by atoms with E-state index in [1.165, 1.54) is 25.7 Å². The zero-order valence-corrected chi connectivity index (χ0v) is 13.5. The first-order chi connectivity index (χ1) is 10.1. The number of amides is 2. The summed E-state index contributed by atoms with van der Waals surface area (Å²) in [4.78, 5) is 25.6. The quantitative estimate of drug-likeness (QED) is 0.790. The molecule has 0 bridgehead atoms. The van der Waals surface area contributed by atoms with Crippen LogP contribution in [-0.4, -0.2) is 52.6 Å². The zero-order valence-electron chi connectivity index (χ0n) is 12.7. The lowest BCUT2D eigenvalue weighted by atomic mass is 9.96. The summed E-state index contributed by atoms with van der Waals surface area (Å²) in [5.41, 5.74) is 0. The van der Waals surface area contributed by atoms with Gasteiger partial charge in [0.25, 0.3) is 0 Å². The molecule has 6 heteroatoms. The highest BCUT2D eigenvalue weighted by Gasteiger charge is 2.36. The van der Waals surface area contributed by atoms with E-state index in [0.29, 0.717) is 18.4 Å². The summed E-state index contributed by atoms with van der Waals surface area (Å²) in [5, 5.41) is 11.9. The fourth-order valence-electron chi connectivity index (χ4n) is 3.60. The van der Waals surface area contributed by atoms with Gasteiger partial charge in [0, 0.05) is 12.6 Å². The molecule has 0 radical (unpaired) electrons. The van der Waals surface area contributed by atoms with E-state index in [0.717, 1.165) is 25.1 Å². The smallest absolute Gasteiger partial charge is 0.326 e. The molecular formula is C15H26N2O3S. The Labute approximate surface area is 130 Å². The number of carbonyl (C=O) groups excluding carboxylic acids is 1. The molecule has 1 heterocycles. The fourth-order valence-corrected chi connectivity index (χ4v) is 4.07. The lowest BCUT2D eigenvalue weighted by molar-refractivity contribution is -0.139. The molecule has 1 saturated heterocycles. The van der Waals surface area contributed by atoms with Crippen molar-refractivity contribution in [1.82, 2.24) is 10.2 Å². The molecule has 1 aliphatic carbocycles. The highest BCUT2D eigenvalue weighted by molar-refractivity contribution is 7.98. The number of urea groups is 1. The number of carboxylic acids is 1. The summed E-state index contributed by atoms with van der Waals surface area (Å²) in [5.74, 6) is 0.422. The Morgan fingerprint density at radius 2 is 2.00 bits per heavy atom. The number of hydrogen-bond acceptors (Lipinski definition) is 3. The maximum atomic E-state index is 12.4. The number of rotatable bonds is 6. The normalized spacial score (nSPS) is 24.2. The van der Waals surface area contributed by atoms with Crippen molar-refractivity contribution < 1.29 is 14.7 Å². The predicted octanol–water partition coefficient (Wildman–Crippen LogP) is 2.56. The van der Waals surface area contributed by atoms with E-state index < -0.39 is 12.0 Å². The van der Waals surface area contributed by atoms with Gasteiger partial charge in [0.2, 0.25) is 0 Å². The zero-order chi connectivity index (χ0) is 15.2. The van der Waals surface area contributed by atoms with Gasteiger partial charge in [-0.2, -0.15) is 11.8 Å². The van der Waals surface area contributed by atoms with Crippen LogP contribution >= 0.6 is 11.8 Å². The summed E-state index contributed by atoms with van der Waals surface area (Å²) in [6, 6.07) is -0.629. The summed E-state index contributed by atoms with van der Waals surface area (Å²) in [6.07, 6.45) is 9.48. The lowest BCUT2D eigenvalue weighted by Gasteiger charge is -2.30. The van der Waals surface area contributed by atoms with Gasteiger partial charge in [-0.15, -0.1) is 0 Å². The topological polar surface area (TPSA) is 69.6 Å². The first-order valence-electron chi connectivity index (χ1n) is 7.92. The third kappa shape index (κ3) is 4.28. The fraction of sp³-hybridized carbons (Fsp3) is 0.867. The SMILES string of the molecule is CSCC[C@@H](NC(=O)N1CCCC1C1CCCC1)C(=O)O. The number of likely N-dealkylation sites (tertiary alicyclic amines) is 1. The first-order valence-corrected chi connectivity index (χ1v) is 9.31. The predicted molar refractivity (Wildman–Crippen MR) is 84.6 cm³/mol. The van der Waals surface area contributed by atoms with Gasteiger partial charge < -0.3 is 15.3 Å². The molecule has 0 aromatic heterocycles. The number of aliphatic carboxylic acids is 1. The van der Waals surface area contributed by atoms with E-state index in [2.05, 4.69) is 5.32 Å². The lowest BCUT2D eigenvalue weighted by Crippen LogP contribution is -2.50. The number of hydrogen-bond donors (Lipinski definition) is 2. The van der Waals surface area contributed by atoms with Gasteiger partial charge in [-0.25, -0.2) is 9.59 Å². The van der Waals surface area contributed by atoms with Crippen molar-refractivity contribution in [3.05, 3.63) is 0 Å². The van der Waals surface area contributed by atoms with Crippen LogP contribution < -0.4 is 5.32 Å². The Balaban J connectivity index is 1.92. The molecule has 1 saturated carbocycles. The Morgan fingerprint density at radius 1 is 1.29 bits per heavy atom. The van der Waals surface area contributed by atoms with Crippen LogP contribution in [0.2, 0.25) is 0 Å². The Hall–Kier alpha value is -0.910. The molecule has 0 spiro atoms. The van der Waals surface area contributed by atoms with Crippen molar-refractivity contribution in [3.63, 3.8) is 0 Å². The summed E-state index contributed by atoms with van der Waals surface area (Å²) in [7, 11) is 0. The standard InChI is InChI=1S/C15H26N2O3S/c1-21-10-8-12(14(18)19)16-15(20)17-9-4-7-13(17)11-5-2-3-6-11/h11-13H,2-10H2,1H3,(H,16,20)(H,18,19)/t12-,13?/m1/s1. The maximum Gasteiger partial charge on any atom is 0.326 e. The van der Waals surface area contributed by atoms with Crippen LogP contribution in [0.15, 0.2) is 0 Å². The third-order valence-corrected chi connectivity index (χ3v) is 5.35. The molecule has 1 aliphatic heterocycles. The van der Waals surface area contributed by atoms with Crippen molar-refractivity contribution in [2.24, 2.45) is 5.92 Å². The largest absolute Gasteiger partial charge is 0.480 e. The molecule has 2 rings (SSSR count). The number of nitrogens with zero attached hydrogens (tertiary/aromatic N) is 1. The third-order valence-electron chi connectivity index (χ3n) is 4.71. The maximum absolute atomic E-state index is 12.4. The van der Waals surface area contributed by atoms with Crippen LogP contribution in [0, 0.1) is 5.92 Å². The minimum Gasteiger partial charge on any atom is -0.480 e. The minimum absolute atomic E-state index is 0.182. The van der Waals surface area contributed by atoms with E-state index in [1.807, 2.05) is 11.2 Å². The Morgan fingerprint density at radius 3 is 2.62 bits per heavy atom. The van der Waals surface area contributed by atoms with Gasteiger partial charge >= 0.3 is 12.0 Å². The van der Waals surface area contributed by atoms with Gasteiger partial charge in [-0.05, 0) is 50.0 Å². The van der Waals surface area contributed by atoms with Crippen LogP contribution in [0.4, 0.5) is 4.79 Å². The molecule has 2 atom stereocenters. The van der Waals surface area contributed by atoms with E-state index >= 15 is 0 Å². The number of carboxylic acid groups (broad SMARTS) is 1. The van der Waals surface area contributed by atoms with Crippen molar-refractivity contribution in [1.29, 1.82) is 0 Å². The second-order valence-corrected chi connectivity index (χ2v) is 7.05. The molecule has 2 N–H and O–H groups in total. The summed E-state index contributed by atoms with van der Waals surface area (Å²) >= 11 is 1.60. The average molecular weight is 314 g/mol. The molecule has 0 aromatic carbocycles. The Kier molecular flexibility index (Phi) is 6.21. The van der Waals surface area contributed by atoms with E-state index in [9.17, 15) is 14.7 Å². The van der Waals surface area contributed by atoms with Crippen LogP contribution in [0.1, 0.15) is 44.9 Å². The summed E-state index contributed by atoms with van der Waals surface area (Å²) < 4.78 is 0. The van der Waals surface area contributed by atoms with Crippen molar-refractivity contribution in [3.8, 4) is 0 Å². The van der Waals surface area contributed by atoms with Crippen LogP contribution in [0.3, 0.4) is 0 Å². The number of thioether (sulfide) groups is 1. The molecule has 1 unspecified atom stereocenters. The molecular weight excluding hydrogens is 288 g/mol. The van der Waals surface area contributed by atoms with E-state index in [-0.39, 0.29) is 6.03 Å². The van der Waals surface area contributed by atoms with Gasteiger partial charge in [0.1, 0.15) is 6.04 Å². The second kappa shape index (κ2) is 7.92.